The monoisotopic (exact) mass is 437 g/mol. The van der Waals surface area contributed by atoms with Gasteiger partial charge in [0.15, 0.2) is 11.6 Å². The summed E-state index contributed by atoms with van der Waals surface area (Å²) >= 11 is 6.07. The molecule has 160 valence electrons. The Morgan fingerprint density at radius 2 is 1.71 bits per heavy atom. The van der Waals surface area contributed by atoms with E-state index in [4.69, 9.17) is 17.3 Å². The molecule has 4 N–H and O–H groups in total. The summed E-state index contributed by atoms with van der Waals surface area (Å²) in [5.41, 5.74) is 13.7. The number of hydrogen-bond acceptors (Lipinski definition) is 7. The Morgan fingerprint density at radius 1 is 1.00 bits per heavy atom. The zero-order chi connectivity index (χ0) is 21.6. The summed E-state index contributed by atoms with van der Waals surface area (Å²) in [5, 5.41) is 0.367. The molecule has 1 aliphatic rings. The van der Waals surface area contributed by atoms with Crippen molar-refractivity contribution in [1.82, 2.24) is 20.3 Å². The van der Waals surface area contributed by atoms with Gasteiger partial charge in [-0.1, -0.05) is 54.1 Å². The first-order valence-corrected chi connectivity index (χ1v) is 10.4. The summed E-state index contributed by atoms with van der Waals surface area (Å²) in [7, 11) is 0. The third kappa shape index (κ3) is 5.04. The van der Waals surface area contributed by atoms with Gasteiger partial charge in [0.1, 0.15) is 12.0 Å². The molecule has 9 heteroatoms. The number of hydrogen-bond donors (Lipinski definition) is 3. The van der Waals surface area contributed by atoms with Crippen LogP contribution in [0.4, 0.5) is 17.3 Å². The Balaban J connectivity index is 1.37. The van der Waals surface area contributed by atoms with Gasteiger partial charge >= 0.3 is 0 Å². The number of aromatic nitrogens is 2. The van der Waals surface area contributed by atoms with Crippen molar-refractivity contribution in [3.63, 3.8) is 0 Å². The molecular weight excluding hydrogens is 414 g/mol. The highest BCUT2D eigenvalue weighted by Gasteiger charge is 2.21. The maximum absolute atomic E-state index is 12.4. The number of hydrazine groups is 1. The topological polar surface area (TPSA) is 99.4 Å². The number of amides is 1. The first kappa shape index (κ1) is 20.9. The molecule has 2 heterocycles. The van der Waals surface area contributed by atoms with Crippen LogP contribution in [0.5, 0.6) is 0 Å². The van der Waals surface area contributed by atoms with Gasteiger partial charge in [-0.3, -0.25) is 20.5 Å². The zero-order valence-electron chi connectivity index (χ0n) is 17.0. The van der Waals surface area contributed by atoms with E-state index in [-0.39, 0.29) is 5.91 Å². The van der Waals surface area contributed by atoms with Gasteiger partial charge in [-0.25, -0.2) is 9.97 Å². The third-order valence-corrected chi connectivity index (χ3v) is 5.53. The van der Waals surface area contributed by atoms with Crippen LogP contribution in [0, 0.1) is 0 Å². The van der Waals surface area contributed by atoms with Gasteiger partial charge in [-0.15, -0.1) is 0 Å². The number of nitrogens with zero attached hydrogens (tertiary/aromatic N) is 4. The van der Waals surface area contributed by atoms with E-state index in [0.717, 1.165) is 32.7 Å². The lowest BCUT2D eigenvalue weighted by molar-refractivity contribution is 0.0962. The highest BCUT2D eigenvalue weighted by Crippen LogP contribution is 2.27. The molecule has 1 amide bonds. The minimum atomic E-state index is -0.375. The molecule has 0 radical (unpaired) electrons. The van der Waals surface area contributed by atoms with Crippen molar-refractivity contribution in [2.24, 2.45) is 0 Å². The summed E-state index contributed by atoms with van der Waals surface area (Å²) in [6.07, 6.45) is 1.44. The molecule has 1 fully saturated rings. The molecule has 0 atom stereocenters. The molecule has 4 rings (SSSR count). The number of piperazine rings is 1. The van der Waals surface area contributed by atoms with Crippen molar-refractivity contribution in [2.75, 3.05) is 42.2 Å². The van der Waals surface area contributed by atoms with Crippen LogP contribution >= 0.6 is 11.6 Å². The predicted octanol–water partition coefficient (Wildman–Crippen LogP) is 2.79. The van der Waals surface area contributed by atoms with Crippen LogP contribution in [-0.2, 0) is 6.54 Å². The molecule has 8 nitrogen and oxygen atoms in total. The minimum Gasteiger partial charge on any atom is -0.393 e. The van der Waals surface area contributed by atoms with Crippen molar-refractivity contribution in [1.29, 1.82) is 0 Å². The smallest absolute Gasteiger partial charge is 0.271 e. The molecule has 0 saturated carbocycles. The van der Waals surface area contributed by atoms with Gasteiger partial charge in [0.2, 0.25) is 0 Å². The van der Waals surface area contributed by atoms with Crippen LogP contribution in [0.15, 0.2) is 60.9 Å². The normalized spacial score (nSPS) is 14.3. The standard InChI is InChI=1S/C22H24ClN7O/c23-18-9-5-4-8-17(18)22(31)28-27-20-19(24)21(26-15-25-20)30-12-10-29(11-13-30)14-16-6-2-1-3-7-16/h1-9,15H,10-14,24H2,(H,28,31)(H,25,26,27). The van der Waals surface area contributed by atoms with Crippen molar-refractivity contribution >= 4 is 34.8 Å². The van der Waals surface area contributed by atoms with Gasteiger partial charge in [0.05, 0.1) is 10.6 Å². The third-order valence-electron chi connectivity index (χ3n) is 5.20. The summed E-state index contributed by atoms with van der Waals surface area (Å²) in [5.74, 6) is 0.626. The Bertz CT molecular complexity index is 1040. The molecule has 31 heavy (non-hydrogen) atoms. The van der Waals surface area contributed by atoms with Gasteiger partial charge in [0.25, 0.3) is 5.91 Å². The number of carbonyl (C=O) groups excluding carboxylic acids is 1. The second kappa shape index (κ2) is 9.63. The van der Waals surface area contributed by atoms with E-state index in [1.807, 2.05) is 6.07 Å². The van der Waals surface area contributed by atoms with E-state index in [1.165, 1.54) is 11.9 Å². The van der Waals surface area contributed by atoms with Gasteiger partial charge < -0.3 is 10.6 Å². The highest BCUT2D eigenvalue weighted by molar-refractivity contribution is 6.33. The average Bonchev–Trinajstić information content (AvgIpc) is 2.80. The number of nitrogens with two attached hydrogens (primary N) is 1. The molecule has 2 aromatic carbocycles. The summed E-state index contributed by atoms with van der Waals surface area (Å²) < 4.78 is 0. The van der Waals surface area contributed by atoms with Crippen molar-refractivity contribution in [2.45, 2.75) is 6.54 Å². The van der Waals surface area contributed by atoms with E-state index in [1.54, 1.807) is 24.3 Å². The Labute approximate surface area is 186 Å². The summed E-state index contributed by atoms with van der Waals surface area (Å²) in [4.78, 5) is 25.4. The van der Waals surface area contributed by atoms with E-state index in [0.29, 0.717) is 27.9 Å². The van der Waals surface area contributed by atoms with E-state index in [9.17, 15) is 4.79 Å². The first-order chi connectivity index (χ1) is 15.1. The number of nitrogen functional groups attached to an aromatic ring is 1. The summed E-state index contributed by atoms with van der Waals surface area (Å²) in [6, 6.07) is 17.2. The Morgan fingerprint density at radius 3 is 2.45 bits per heavy atom. The number of halogens is 1. The molecule has 0 bridgehead atoms. The fourth-order valence-electron chi connectivity index (χ4n) is 3.53. The second-order valence-electron chi connectivity index (χ2n) is 7.27. The number of benzene rings is 2. The minimum absolute atomic E-state index is 0.345. The molecule has 3 aromatic rings. The Kier molecular flexibility index (Phi) is 6.49. The van der Waals surface area contributed by atoms with Crippen LogP contribution in [0.1, 0.15) is 15.9 Å². The maximum atomic E-state index is 12.4. The second-order valence-corrected chi connectivity index (χ2v) is 7.67. The van der Waals surface area contributed by atoms with Crippen molar-refractivity contribution in [3.05, 3.63) is 77.1 Å². The lowest BCUT2D eigenvalue weighted by Gasteiger charge is -2.36. The fourth-order valence-corrected chi connectivity index (χ4v) is 3.75. The predicted molar refractivity (Wildman–Crippen MR) is 123 cm³/mol. The molecule has 0 unspecified atom stereocenters. The first-order valence-electron chi connectivity index (χ1n) is 10.0. The molecule has 1 aromatic heterocycles. The molecule has 0 aliphatic carbocycles. The van der Waals surface area contributed by atoms with Crippen molar-refractivity contribution < 1.29 is 4.79 Å². The Hall–Kier alpha value is -3.36. The van der Waals surface area contributed by atoms with E-state index < -0.39 is 0 Å². The van der Waals surface area contributed by atoms with Gasteiger partial charge in [-0.2, -0.15) is 0 Å². The largest absolute Gasteiger partial charge is 0.393 e. The number of nitrogens with one attached hydrogen (secondary N) is 2. The molecule has 1 aliphatic heterocycles. The molecule has 0 spiro atoms. The molecule has 1 saturated heterocycles. The number of anilines is 3. The average molecular weight is 438 g/mol. The zero-order valence-corrected chi connectivity index (χ0v) is 17.7. The lowest BCUT2D eigenvalue weighted by Crippen LogP contribution is -2.46. The number of carbonyl (C=O) groups is 1. The van der Waals surface area contributed by atoms with E-state index in [2.05, 4.69) is 54.9 Å². The van der Waals surface area contributed by atoms with Crippen molar-refractivity contribution in [3.8, 4) is 0 Å². The van der Waals surface area contributed by atoms with E-state index >= 15 is 0 Å². The SMILES string of the molecule is Nc1c(NNC(=O)c2ccccc2Cl)ncnc1N1CCN(Cc2ccccc2)CC1. The lowest BCUT2D eigenvalue weighted by atomic mass is 10.2. The quantitative estimate of drug-likeness (QED) is 0.510. The van der Waals surface area contributed by atoms with Gasteiger partial charge in [-0.05, 0) is 17.7 Å². The van der Waals surface area contributed by atoms with Crippen LogP contribution in [0.2, 0.25) is 5.02 Å². The van der Waals surface area contributed by atoms with Crippen LogP contribution in [0.25, 0.3) is 0 Å². The maximum Gasteiger partial charge on any atom is 0.271 e. The highest BCUT2D eigenvalue weighted by atomic mass is 35.5. The number of rotatable bonds is 6. The van der Waals surface area contributed by atoms with Gasteiger partial charge in [0, 0.05) is 32.7 Å². The summed E-state index contributed by atoms with van der Waals surface area (Å²) in [6.45, 7) is 4.35. The van der Waals surface area contributed by atoms with Crippen LogP contribution < -0.4 is 21.5 Å². The fraction of sp³-hybridized carbons (Fsp3) is 0.227. The van der Waals surface area contributed by atoms with Crippen LogP contribution in [-0.4, -0.2) is 47.0 Å². The molecular formula is C22H24ClN7O. The van der Waals surface area contributed by atoms with Crippen LogP contribution in [0.3, 0.4) is 0 Å².